The number of fused-ring (bicyclic) bond motifs is 1. The minimum atomic E-state index is -0.858. The first-order chi connectivity index (χ1) is 9.54. The van der Waals surface area contributed by atoms with Gasteiger partial charge in [-0.05, 0) is 12.1 Å². The van der Waals surface area contributed by atoms with Gasteiger partial charge in [-0.2, -0.15) is 10.5 Å². The van der Waals surface area contributed by atoms with E-state index >= 15 is 0 Å². The van der Waals surface area contributed by atoms with Crippen molar-refractivity contribution in [1.82, 2.24) is 3.96 Å². The summed E-state index contributed by atoms with van der Waals surface area (Å²) in [6, 6.07) is 10.8. The van der Waals surface area contributed by atoms with Gasteiger partial charge in [-0.3, -0.25) is 4.79 Å². The number of nitrogens with zero attached hydrogens (tertiary/aromatic N) is 3. The van der Waals surface area contributed by atoms with E-state index in [2.05, 4.69) is 44.0 Å². The average molecular weight is 415 g/mol. The molecule has 102 valence electrons. The van der Waals surface area contributed by atoms with Crippen LogP contribution in [0.25, 0.3) is 10.1 Å². The van der Waals surface area contributed by atoms with E-state index in [1.54, 1.807) is 12.1 Å². The third-order valence-electron chi connectivity index (χ3n) is 2.88. The normalized spacial score (nSPS) is 15.2. The summed E-state index contributed by atoms with van der Waals surface area (Å²) >= 11 is 7.83. The second kappa shape index (κ2) is 6.09. The maximum Gasteiger partial charge on any atom is 0.269 e. The molecule has 0 bridgehead atoms. The van der Waals surface area contributed by atoms with Gasteiger partial charge in [0.25, 0.3) is 5.56 Å². The van der Waals surface area contributed by atoms with Crippen molar-refractivity contribution in [1.29, 1.82) is 10.5 Å². The van der Waals surface area contributed by atoms with Gasteiger partial charge in [-0.15, -0.1) is 0 Å². The van der Waals surface area contributed by atoms with Gasteiger partial charge in [0.05, 0.1) is 22.2 Å². The minimum Gasteiger partial charge on any atom is -0.268 e. The van der Waals surface area contributed by atoms with Crippen molar-refractivity contribution in [2.75, 3.05) is 5.33 Å². The van der Waals surface area contributed by atoms with Crippen LogP contribution in [0.5, 0.6) is 0 Å². The Morgan fingerprint density at radius 2 is 2.10 bits per heavy atom. The third-order valence-corrected chi connectivity index (χ3v) is 6.54. The first-order valence-corrected chi connectivity index (χ1v) is 8.40. The van der Waals surface area contributed by atoms with Crippen LogP contribution in [0.1, 0.15) is 12.5 Å². The van der Waals surface area contributed by atoms with Crippen molar-refractivity contribution >= 4 is 53.5 Å². The summed E-state index contributed by atoms with van der Waals surface area (Å²) in [6.45, 7) is 0. The Labute approximate surface area is 136 Å². The van der Waals surface area contributed by atoms with Crippen LogP contribution in [0, 0.1) is 22.7 Å². The van der Waals surface area contributed by atoms with Crippen LogP contribution < -0.4 is 5.56 Å². The fourth-order valence-electron chi connectivity index (χ4n) is 1.81. The summed E-state index contributed by atoms with van der Waals surface area (Å²) in [5, 5.41) is 19.5. The van der Waals surface area contributed by atoms with E-state index in [0.717, 1.165) is 4.70 Å². The minimum absolute atomic E-state index is 0.181. The Morgan fingerprint density at radius 1 is 1.40 bits per heavy atom. The predicted octanol–water partition coefficient (Wildman–Crippen LogP) is 3.57. The third kappa shape index (κ3) is 2.80. The van der Waals surface area contributed by atoms with Crippen molar-refractivity contribution < 1.29 is 0 Å². The molecule has 0 aliphatic rings. The first kappa shape index (κ1) is 15.2. The van der Waals surface area contributed by atoms with E-state index in [9.17, 15) is 10.1 Å². The predicted molar refractivity (Wildman–Crippen MR) is 86.4 cm³/mol. The Morgan fingerprint density at radius 3 is 2.65 bits per heavy atom. The summed E-state index contributed by atoms with van der Waals surface area (Å²) in [5.74, 6) is 0. The molecule has 0 N–H and O–H groups in total. The highest BCUT2D eigenvalue weighted by molar-refractivity contribution is 9.12. The zero-order valence-electron chi connectivity index (χ0n) is 10.2. The molecule has 4 nitrogen and oxygen atoms in total. The van der Waals surface area contributed by atoms with Crippen LogP contribution in [0.3, 0.4) is 0 Å². The van der Waals surface area contributed by atoms with E-state index < -0.39 is 10.4 Å². The molecule has 0 aliphatic heterocycles. The number of rotatable bonds is 4. The van der Waals surface area contributed by atoms with Gasteiger partial charge in [-0.1, -0.05) is 55.5 Å². The maximum atomic E-state index is 12.3. The highest BCUT2D eigenvalue weighted by atomic mass is 79.9. The van der Waals surface area contributed by atoms with Crippen molar-refractivity contribution in [2.24, 2.45) is 0 Å². The average Bonchev–Trinajstić information content (AvgIpc) is 2.82. The lowest BCUT2D eigenvalue weighted by molar-refractivity contribution is 0.561. The van der Waals surface area contributed by atoms with E-state index in [1.165, 1.54) is 15.5 Å². The number of nitriles is 2. The van der Waals surface area contributed by atoms with Crippen molar-refractivity contribution in [3.05, 3.63) is 34.6 Å². The molecule has 1 aromatic heterocycles. The Hall–Kier alpha value is -1.15. The molecule has 1 heterocycles. The first-order valence-electron chi connectivity index (χ1n) is 5.71. The topological polar surface area (TPSA) is 69.6 Å². The number of hydrogen-bond donors (Lipinski definition) is 0. The molecule has 7 heteroatoms. The Bertz CT molecular complexity index is 770. The molecule has 0 saturated carbocycles. The lowest BCUT2D eigenvalue weighted by Crippen LogP contribution is -2.28. The quantitative estimate of drug-likeness (QED) is 0.718. The Balaban J connectivity index is 2.46. The molecule has 0 saturated heterocycles. The molecule has 1 aromatic carbocycles. The van der Waals surface area contributed by atoms with Crippen LogP contribution in [-0.4, -0.2) is 13.6 Å². The van der Waals surface area contributed by atoms with Gasteiger partial charge in [0.15, 0.2) is 0 Å². The van der Waals surface area contributed by atoms with Gasteiger partial charge in [0, 0.05) is 11.8 Å². The lowest BCUT2D eigenvalue weighted by atomic mass is 10.0. The molecule has 0 radical (unpaired) electrons. The van der Waals surface area contributed by atoms with Crippen molar-refractivity contribution in [2.45, 2.75) is 16.8 Å². The van der Waals surface area contributed by atoms with Crippen LogP contribution in [0.2, 0.25) is 0 Å². The molecule has 0 spiro atoms. The highest BCUT2D eigenvalue weighted by Gasteiger charge is 2.31. The molecule has 2 atom stereocenters. The molecule has 0 aliphatic carbocycles. The van der Waals surface area contributed by atoms with Gasteiger partial charge < -0.3 is 0 Å². The zero-order valence-corrected chi connectivity index (χ0v) is 14.2. The summed E-state index contributed by atoms with van der Waals surface area (Å²) in [4.78, 5) is 12.3. The summed E-state index contributed by atoms with van der Waals surface area (Å²) in [6.07, 6.45) is 0.234. The van der Waals surface area contributed by atoms with Crippen LogP contribution in [-0.2, 0) is 0 Å². The monoisotopic (exact) mass is 413 g/mol. The molecule has 2 rings (SSSR count). The lowest BCUT2D eigenvalue weighted by Gasteiger charge is -2.19. The number of alkyl halides is 2. The highest BCUT2D eigenvalue weighted by Crippen LogP contribution is 2.31. The smallest absolute Gasteiger partial charge is 0.268 e. The number of aromatic nitrogens is 1. The summed E-state index contributed by atoms with van der Waals surface area (Å²) < 4.78 is 1.43. The van der Waals surface area contributed by atoms with Crippen molar-refractivity contribution in [3.63, 3.8) is 0 Å². The van der Waals surface area contributed by atoms with Crippen LogP contribution in [0.4, 0.5) is 0 Å². The molecule has 2 unspecified atom stereocenters. The van der Waals surface area contributed by atoms with Crippen molar-refractivity contribution in [3.8, 4) is 12.1 Å². The fourth-order valence-corrected chi connectivity index (χ4v) is 3.51. The summed E-state index contributed by atoms with van der Waals surface area (Å²) in [7, 11) is 0. The fraction of sp³-hybridized carbons (Fsp3) is 0.308. The van der Waals surface area contributed by atoms with Gasteiger partial charge in [0.1, 0.15) is 10.4 Å². The maximum absolute atomic E-state index is 12.3. The van der Waals surface area contributed by atoms with Crippen LogP contribution in [0.15, 0.2) is 29.1 Å². The van der Waals surface area contributed by atoms with E-state index in [0.29, 0.717) is 10.7 Å². The zero-order chi connectivity index (χ0) is 14.8. The number of halogens is 2. The van der Waals surface area contributed by atoms with Gasteiger partial charge >= 0.3 is 0 Å². The number of benzene rings is 1. The Kier molecular flexibility index (Phi) is 4.64. The molecule has 0 fully saturated rings. The second-order valence-corrected chi connectivity index (χ2v) is 7.37. The van der Waals surface area contributed by atoms with E-state index in [1.807, 2.05) is 12.1 Å². The molecular formula is C13H9Br2N3OS. The second-order valence-electron chi connectivity index (χ2n) is 4.28. The molecule has 0 amide bonds. The van der Waals surface area contributed by atoms with E-state index in [4.69, 9.17) is 5.26 Å². The van der Waals surface area contributed by atoms with Gasteiger partial charge in [0.2, 0.25) is 0 Å². The standard InChI is InChI=1S/C13H9Br2N3OS/c14-7-13(15,8-17)5-9(6-16)18-12(19)10-3-1-2-4-11(10)20-18/h1-4,9H,5,7H2. The van der Waals surface area contributed by atoms with Gasteiger partial charge in [-0.25, -0.2) is 3.96 Å². The summed E-state index contributed by atoms with van der Waals surface area (Å²) in [5.41, 5.74) is -0.181. The number of hydrogen-bond acceptors (Lipinski definition) is 4. The SMILES string of the molecule is N#CC(CC(Br)(C#N)CBr)n1sc2ccccc2c1=O. The van der Waals surface area contributed by atoms with E-state index in [-0.39, 0.29) is 12.0 Å². The largest absolute Gasteiger partial charge is 0.269 e. The van der Waals surface area contributed by atoms with Crippen LogP contribution >= 0.6 is 43.4 Å². The molecular weight excluding hydrogens is 406 g/mol. The molecule has 20 heavy (non-hydrogen) atoms. The molecule has 2 aromatic rings.